The number of carbonyl (C=O) groups is 1. The van der Waals surface area contributed by atoms with Crippen LogP contribution in [0.25, 0.3) is 0 Å². The van der Waals surface area contributed by atoms with Gasteiger partial charge in [0.15, 0.2) is 11.5 Å². The molecule has 0 aliphatic carbocycles. The second-order valence-corrected chi connectivity index (χ2v) is 5.33. The fourth-order valence-electron chi connectivity index (χ4n) is 1.79. The smallest absolute Gasteiger partial charge is 0.272 e. The van der Waals surface area contributed by atoms with Crippen LogP contribution < -0.4 is 10.2 Å². The molecule has 2 N–H and O–H groups in total. The number of phenolic OH excluding ortho intramolecular Hbond substituents is 1. The van der Waals surface area contributed by atoms with Crippen molar-refractivity contribution in [2.24, 2.45) is 5.10 Å². The molecule has 120 valence electrons. The van der Waals surface area contributed by atoms with Crippen molar-refractivity contribution in [2.75, 3.05) is 6.61 Å². The van der Waals surface area contributed by atoms with Gasteiger partial charge in [-0.05, 0) is 48.9 Å². The van der Waals surface area contributed by atoms with Gasteiger partial charge in [-0.3, -0.25) is 4.79 Å². The summed E-state index contributed by atoms with van der Waals surface area (Å²) in [7, 11) is 0. The molecule has 2 aromatic rings. The molecule has 1 amide bonds. The van der Waals surface area contributed by atoms with Crippen LogP contribution in [0.2, 0.25) is 10.0 Å². The Morgan fingerprint density at radius 2 is 2.09 bits per heavy atom. The summed E-state index contributed by atoms with van der Waals surface area (Å²) >= 11 is 11.7. The second-order valence-electron chi connectivity index (χ2n) is 4.48. The van der Waals surface area contributed by atoms with Gasteiger partial charge < -0.3 is 9.84 Å². The van der Waals surface area contributed by atoms with Crippen molar-refractivity contribution >= 4 is 35.3 Å². The molecule has 0 spiro atoms. The minimum atomic E-state index is -0.460. The van der Waals surface area contributed by atoms with Gasteiger partial charge in [-0.25, -0.2) is 5.43 Å². The summed E-state index contributed by atoms with van der Waals surface area (Å²) < 4.78 is 5.23. The summed E-state index contributed by atoms with van der Waals surface area (Å²) in [6.07, 6.45) is 1.40. The lowest BCUT2D eigenvalue weighted by atomic mass is 10.2. The number of hydrazone groups is 1. The van der Waals surface area contributed by atoms with Gasteiger partial charge in [0, 0.05) is 5.02 Å². The number of halogens is 2. The molecule has 0 heterocycles. The van der Waals surface area contributed by atoms with Crippen molar-refractivity contribution in [3.8, 4) is 11.5 Å². The molecule has 0 saturated carbocycles. The lowest BCUT2D eigenvalue weighted by Crippen LogP contribution is -2.18. The second kappa shape index (κ2) is 7.85. The first kappa shape index (κ1) is 17.1. The first-order valence-corrected chi connectivity index (χ1v) is 7.51. The standard InChI is InChI=1S/C16H14Cl2N2O3/c1-2-23-15-6-3-10(7-14(15)21)9-19-20-16(22)12-5-4-11(17)8-13(12)18/h3-9,21H,2H2,1H3,(H,20,22)/b19-9+. The number of ether oxygens (including phenoxy) is 1. The number of phenols is 1. The lowest BCUT2D eigenvalue weighted by Gasteiger charge is -2.06. The summed E-state index contributed by atoms with van der Waals surface area (Å²) in [5, 5.41) is 14.3. The Morgan fingerprint density at radius 3 is 2.74 bits per heavy atom. The molecule has 0 fully saturated rings. The monoisotopic (exact) mass is 352 g/mol. The van der Waals surface area contributed by atoms with E-state index in [1.807, 2.05) is 6.92 Å². The van der Waals surface area contributed by atoms with Crippen molar-refractivity contribution in [3.05, 3.63) is 57.6 Å². The first-order valence-electron chi connectivity index (χ1n) is 6.75. The molecule has 5 nitrogen and oxygen atoms in total. The number of amides is 1. The Kier molecular flexibility index (Phi) is 5.84. The zero-order valence-corrected chi connectivity index (χ0v) is 13.7. The Hall–Kier alpha value is -2.24. The molecule has 0 atom stereocenters. The van der Waals surface area contributed by atoms with E-state index in [-0.39, 0.29) is 16.3 Å². The molecule has 2 aromatic carbocycles. The van der Waals surface area contributed by atoms with E-state index in [9.17, 15) is 9.90 Å². The molecule has 0 radical (unpaired) electrons. The molecular formula is C16H14Cl2N2O3. The lowest BCUT2D eigenvalue weighted by molar-refractivity contribution is 0.0955. The zero-order chi connectivity index (χ0) is 16.8. The van der Waals surface area contributed by atoms with Crippen LogP contribution in [0.3, 0.4) is 0 Å². The van der Waals surface area contributed by atoms with Crippen LogP contribution in [0.1, 0.15) is 22.8 Å². The quantitative estimate of drug-likeness (QED) is 0.633. The summed E-state index contributed by atoms with van der Waals surface area (Å²) in [5.74, 6) is -0.0671. The molecule has 7 heteroatoms. The molecule has 0 aromatic heterocycles. The summed E-state index contributed by atoms with van der Waals surface area (Å²) in [4.78, 5) is 12.0. The minimum absolute atomic E-state index is 0.00266. The fourth-order valence-corrected chi connectivity index (χ4v) is 2.29. The molecular weight excluding hydrogens is 339 g/mol. The molecule has 0 unspecified atom stereocenters. The predicted octanol–water partition coefficient (Wildman–Crippen LogP) is 3.86. The SMILES string of the molecule is CCOc1ccc(/C=N/NC(=O)c2ccc(Cl)cc2Cl)cc1O. The van der Waals surface area contributed by atoms with E-state index in [0.717, 1.165) is 0 Å². The van der Waals surface area contributed by atoms with Crippen LogP contribution in [-0.4, -0.2) is 23.8 Å². The highest BCUT2D eigenvalue weighted by Crippen LogP contribution is 2.26. The maximum atomic E-state index is 12.0. The Balaban J connectivity index is 2.03. The first-order chi connectivity index (χ1) is 11.0. The third-order valence-electron chi connectivity index (χ3n) is 2.84. The number of carbonyl (C=O) groups excluding carboxylic acids is 1. The van der Waals surface area contributed by atoms with Crippen molar-refractivity contribution in [1.82, 2.24) is 5.43 Å². The number of nitrogens with zero attached hydrogens (tertiary/aromatic N) is 1. The highest BCUT2D eigenvalue weighted by Gasteiger charge is 2.09. The van der Waals surface area contributed by atoms with Crippen LogP contribution in [0, 0.1) is 0 Å². The van der Waals surface area contributed by atoms with Crippen LogP contribution in [0.4, 0.5) is 0 Å². The topological polar surface area (TPSA) is 70.9 Å². The van der Waals surface area contributed by atoms with Gasteiger partial charge in [-0.15, -0.1) is 0 Å². The van der Waals surface area contributed by atoms with Crippen LogP contribution in [0.5, 0.6) is 11.5 Å². The fraction of sp³-hybridized carbons (Fsp3) is 0.125. The number of rotatable bonds is 5. The number of nitrogens with one attached hydrogen (secondary N) is 1. The van der Waals surface area contributed by atoms with Gasteiger partial charge in [-0.1, -0.05) is 23.2 Å². The van der Waals surface area contributed by atoms with E-state index >= 15 is 0 Å². The van der Waals surface area contributed by atoms with Crippen LogP contribution in [0.15, 0.2) is 41.5 Å². The van der Waals surface area contributed by atoms with Gasteiger partial charge in [-0.2, -0.15) is 5.10 Å². The maximum absolute atomic E-state index is 12.0. The van der Waals surface area contributed by atoms with E-state index < -0.39 is 5.91 Å². The number of hydrogen-bond donors (Lipinski definition) is 2. The van der Waals surface area contributed by atoms with E-state index in [1.54, 1.807) is 18.2 Å². The zero-order valence-electron chi connectivity index (χ0n) is 12.2. The average Bonchev–Trinajstić information content (AvgIpc) is 2.50. The van der Waals surface area contributed by atoms with Gasteiger partial charge in [0.05, 0.1) is 23.4 Å². The number of hydrogen-bond acceptors (Lipinski definition) is 4. The predicted molar refractivity (Wildman–Crippen MR) is 90.8 cm³/mol. The van der Waals surface area contributed by atoms with Crippen molar-refractivity contribution in [2.45, 2.75) is 6.92 Å². The third-order valence-corrected chi connectivity index (χ3v) is 3.39. The molecule has 0 saturated heterocycles. The van der Waals surface area contributed by atoms with Crippen molar-refractivity contribution in [3.63, 3.8) is 0 Å². The van der Waals surface area contributed by atoms with Gasteiger partial charge in [0.2, 0.25) is 0 Å². The summed E-state index contributed by atoms with van der Waals surface area (Å²) in [6.45, 7) is 2.28. The Bertz CT molecular complexity index is 748. The van der Waals surface area contributed by atoms with E-state index in [2.05, 4.69) is 10.5 Å². The van der Waals surface area contributed by atoms with Gasteiger partial charge >= 0.3 is 0 Å². The largest absolute Gasteiger partial charge is 0.504 e. The number of benzene rings is 2. The Morgan fingerprint density at radius 1 is 1.30 bits per heavy atom. The van der Waals surface area contributed by atoms with Crippen molar-refractivity contribution in [1.29, 1.82) is 0 Å². The van der Waals surface area contributed by atoms with Gasteiger partial charge in [0.25, 0.3) is 5.91 Å². The molecule has 0 aliphatic rings. The van der Waals surface area contributed by atoms with E-state index in [0.29, 0.717) is 22.9 Å². The molecule has 2 rings (SSSR count). The normalized spacial score (nSPS) is 10.7. The van der Waals surface area contributed by atoms with E-state index in [4.69, 9.17) is 27.9 Å². The minimum Gasteiger partial charge on any atom is -0.504 e. The Labute approximate surface area is 143 Å². The highest BCUT2D eigenvalue weighted by molar-refractivity contribution is 6.36. The van der Waals surface area contributed by atoms with Crippen LogP contribution >= 0.6 is 23.2 Å². The number of aromatic hydroxyl groups is 1. The van der Waals surface area contributed by atoms with Crippen LogP contribution in [-0.2, 0) is 0 Å². The van der Waals surface area contributed by atoms with Gasteiger partial charge in [0.1, 0.15) is 0 Å². The molecule has 0 bridgehead atoms. The highest BCUT2D eigenvalue weighted by atomic mass is 35.5. The van der Waals surface area contributed by atoms with Crippen molar-refractivity contribution < 1.29 is 14.6 Å². The molecule has 0 aliphatic heterocycles. The average molecular weight is 353 g/mol. The summed E-state index contributed by atoms with van der Waals surface area (Å²) in [6, 6.07) is 9.37. The maximum Gasteiger partial charge on any atom is 0.272 e. The van der Waals surface area contributed by atoms with E-state index in [1.165, 1.54) is 24.4 Å². The summed E-state index contributed by atoms with van der Waals surface area (Å²) in [5.41, 5.74) is 3.23. The third kappa shape index (κ3) is 4.61. The molecule has 23 heavy (non-hydrogen) atoms.